The molecule has 1 nitrogen and oxygen atoms in total. The van der Waals surface area contributed by atoms with Crippen LogP contribution in [0.5, 0.6) is 0 Å². The van der Waals surface area contributed by atoms with E-state index in [0.717, 1.165) is 0 Å². The second-order valence-electron chi connectivity index (χ2n) is 3.13. The fourth-order valence-corrected chi connectivity index (χ4v) is 3.31. The van der Waals surface area contributed by atoms with E-state index in [2.05, 4.69) is 0 Å². The van der Waals surface area contributed by atoms with Crippen LogP contribution < -0.4 is 0 Å². The van der Waals surface area contributed by atoms with Gasteiger partial charge in [0.15, 0.2) is 0 Å². The molecule has 2 aromatic carbocycles. The highest BCUT2D eigenvalue weighted by Crippen LogP contribution is 2.20. The van der Waals surface area contributed by atoms with Crippen LogP contribution in [0, 0.1) is 0 Å². The van der Waals surface area contributed by atoms with Gasteiger partial charge in [-0.1, -0.05) is 36.4 Å². The first-order valence-electron chi connectivity index (χ1n) is 4.56. The highest BCUT2D eigenvalue weighted by atomic mass is 32.8. The summed E-state index contributed by atoms with van der Waals surface area (Å²) >= 11 is 5.20. The largest absolute Gasteiger partial charge is 0.247 e. The number of hydrogen-bond donors (Lipinski definition) is 0. The quantitative estimate of drug-likeness (QED) is 0.795. The van der Waals surface area contributed by atoms with Crippen molar-refractivity contribution in [1.29, 1.82) is 0 Å². The van der Waals surface area contributed by atoms with Crippen molar-refractivity contribution in [2.45, 2.75) is 9.79 Å². The summed E-state index contributed by atoms with van der Waals surface area (Å²) in [5.74, 6) is 0. The van der Waals surface area contributed by atoms with Gasteiger partial charge in [0.05, 0.1) is 8.49 Å². The Balaban J connectivity index is 2.55. The molecular weight excluding hydrogens is 224 g/mol. The van der Waals surface area contributed by atoms with Gasteiger partial charge in [-0.3, -0.25) is 0 Å². The standard InChI is InChI=1S/C12H10OS2/c13-15(14,11-7-3-1-4-8-11)12-9-5-2-6-10-12/h1-10H. The molecule has 0 radical (unpaired) electrons. The molecule has 0 unspecified atom stereocenters. The van der Waals surface area contributed by atoms with Crippen LogP contribution in [0.15, 0.2) is 70.5 Å². The first-order valence-corrected chi connectivity index (χ1v) is 7.05. The average molecular weight is 234 g/mol. The Morgan fingerprint density at radius 1 is 0.733 bits per heavy atom. The molecule has 15 heavy (non-hydrogen) atoms. The molecule has 0 saturated heterocycles. The normalized spacial score (nSPS) is 11.2. The Labute approximate surface area is 94.4 Å². The van der Waals surface area contributed by atoms with Gasteiger partial charge < -0.3 is 0 Å². The Morgan fingerprint density at radius 3 is 1.40 bits per heavy atom. The van der Waals surface area contributed by atoms with Crippen molar-refractivity contribution < 1.29 is 4.21 Å². The van der Waals surface area contributed by atoms with E-state index < -0.39 is 8.49 Å². The summed E-state index contributed by atoms with van der Waals surface area (Å²) in [5.41, 5.74) is 0. The highest BCUT2D eigenvalue weighted by molar-refractivity contribution is 8.33. The predicted octanol–water partition coefficient (Wildman–Crippen LogP) is 2.85. The molecule has 0 saturated carbocycles. The zero-order chi connectivity index (χ0) is 10.7. The van der Waals surface area contributed by atoms with Crippen LogP contribution in [0.4, 0.5) is 0 Å². The van der Waals surface area contributed by atoms with E-state index in [1.807, 2.05) is 60.7 Å². The molecule has 0 atom stereocenters. The number of benzene rings is 2. The van der Waals surface area contributed by atoms with Crippen molar-refractivity contribution in [2.24, 2.45) is 0 Å². The van der Waals surface area contributed by atoms with Crippen molar-refractivity contribution in [3.05, 3.63) is 60.7 Å². The van der Waals surface area contributed by atoms with Crippen molar-refractivity contribution in [2.75, 3.05) is 0 Å². The molecule has 76 valence electrons. The minimum Gasteiger partial charge on any atom is -0.247 e. The third-order valence-corrected chi connectivity index (χ3v) is 5.05. The molecule has 0 spiro atoms. The lowest BCUT2D eigenvalue weighted by Crippen LogP contribution is -1.99. The van der Waals surface area contributed by atoms with E-state index in [4.69, 9.17) is 11.2 Å². The fraction of sp³-hybridized carbons (Fsp3) is 0. The maximum absolute atomic E-state index is 12.4. The molecule has 0 aromatic heterocycles. The van der Waals surface area contributed by atoms with Crippen molar-refractivity contribution >= 4 is 19.7 Å². The van der Waals surface area contributed by atoms with E-state index in [1.165, 1.54) is 0 Å². The van der Waals surface area contributed by atoms with Gasteiger partial charge in [-0.05, 0) is 35.5 Å². The first kappa shape index (κ1) is 10.3. The lowest BCUT2D eigenvalue weighted by atomic mass is 10.4. The van der Waals surface area contributed by atoms with Gasteiger partial charge >= 0.3 is 0 Å². The molecule has 2 aromatic rings. The van der Waals surface area contributed by atoms with E-state index in [1.54, 1.807) is 0 Å². The summed E-state index contributed by atoms with van der Waals surface area (Å²) < 4.78 is 12.4. The second kappa shape index (κ2) is 4.13. The fourth-order valence-electron chi connectivity index (χ4n) is 1.34. The number of rotatable bonds is 2. The van der Waals surface area contributed by atoms with Crippen molar-refractivity contribution in [3.8, 4) is 0 Å². The average Bonchev–Trinajstić information content (AvgIpc) is 2.31. The van der Waals surface area contributed by atoms with Gasteiger partial charge in [0.2, 0.25) is 0 Å². The molecule has 0 fully saturated rings. The second-order valence-corrected chi connectivity index (χ2v) is 6.49. The summed E-state index contributed by atoms with van der Waals surface area (Å²) in [4.78, 5) is 1.40. The third-order valence-electron chi connectivity index (χ3n) is 2.11. The van der Waals surface area contributed by atoms with Gasteiger partial charge in [0.25, 0.3) is 0 Å². The predicted molar refractivity (Wildman–Crippen MR) is 64.9 cm³/mol. The topological polar surface area (TPSA) is 17.1 Å². The van der Waals surface area contributed by atoms with E-state index in [-0.39, 0.29) is 0 Å². The summed E-state index contributed by atoms with van der Waals surface area (Å²) in [6.07, 6.45) is 0. The third kappa shape index (κ3) is 2.08. The van der Waals surface area contributed by atoms with Gasteiger partial charge in [-0.2, -0.15) is 0 Å². The van der Waals surface area contributed by atoms with Crippen LogP contribution in [0.1, 0.15) is 0 Å². The molecule has 0 aliphatic carbocycles. The SMILES string of the molecule is O=S(=S)(c1ccccc1)c1ccccc1. The monoisotopic (exact) mass is 234 g/mol. The lowest BCUT2D eigenvalue weighted by Gasteiger charge is -2.06. The van der Waals surface area contributed by atoms with Gasteiger partial charge in [0, 0.05) is 9.79 Å². The molecule has 0 amide bonds. The minimum atomic E-state index is -2.51. The van der Waals surface area contributed by atoms with Crippen LogP contribution in [0.3, 0.4) is 0 Å². The minimum absolute atomic E-state index is 0.700. The van der Waals surface area contributed by atoms with E-state index >= 15 is 0 Å². The summed E-state index contributed by atoms with van der Waals surface area (Å²) in [6, 6.07) is 18.4. The maximum Gasteiger partial charge on any atom is 0.0870 e. The zero-order valence-corrected chi connectivity index (χ0v) is 9.63. The van der Waals surface area contributed by atoms with Crippen LogP contribution in [0.2, 0.25) is 0 Å². The Kier molecular flexibility index (Phi) is 2.84. The summed E-state index contributed by atoms with van der Waals surface area (Å²) in [6.45, 7) is 0. The maximum atomic E-state index is 12.4. The highest BCUT2D eigenvalue weighted by Gasteiger charge is 2.11. The Hall–Kier alpha value is -1.19. The van der Waals surface area contributed by atoms with Crippen molar-refractivity contribution in [1.82, 2.24) is 0 Å². The smallest absolute Gasteiger partial charge is 0.0870 e. The Bertz CT molecular complexity index is 485. The molecule has 3 heteroatoms. The molecule has 0 aliphatic rings. The van der Waals surface area contributed by atoms with E-state index in [0.29, 0.717) is 9.79 Å². The van der Waals surface area contributed by atoms with E-state index in [9.17, 15) is 4.21 Å². The van der Waals surface area contributed by atoms with Gasteiger partial charge in [-0.15, -0.1) is 0 Å². The van der Waals surface area contributed by atoms with Crippen molar-refractivity contribution in [3.63, 3.8) is 0 Å². The summed E-state index contributed by atoms with van der Waals surface area (Å²) in [5, 5.41) is 0. The number of hydrogen-bond acceptors (Lipinski definition) is 2. The molecule has 2 rings (SSSR count). The van der Waals surface area contributed by atoms with Gasteiger partial charge in [-0.25, -0.2) is 4.21 Å². The van der Waals surface area contributed by atoms with Crippen LogP contribution >= 0.6 is 0 Å². The van der Waals surface area contributed by atoms with Gasteiger partial charge in [0.1, 0.15) is 0 Å². The molecule has 0 bridgehead atoms. The van der Waals surface area contributed by atoms with Crippen LogP contribution in [0.25, 0.3) is 0 Å². The zero-order valence-electron chi connectivity index (χ0n) is 8.00. The summed E-state index contributed by atoms with van der Waals surface area (Å²) in [7, 11) is -2.51. The molecule has 0 aliphatic heterocycles. The molecule has 0 N–H and O–H groups in total. The molecule has 0 heterocycles. The first-order chi connectivity index (χ1) is 7.21. The van der Waals surface area contributed by atoms with Crippen LogP contribution in [-0.4, -0.2) is 4.21 Å². The Morgan fingerprint density at radius 2 is 1.07 bits per heavy atom. The van der Waals surface area contributed by atoms with Crippen LogP contribution in [-0.2, 0) is 19.7 Å². The molecular formula is C12H10OS2. The lowest BCUT2D eigenvalue weighted by molar-refractivity contribution is 0.682.